The number of rotatable bonds is 4. The molecule has 0 spiro atoms. The molecule has 140 valence electrons. The van der Waals surface area contributed by atoms with E-state index in [2.05, 4.69) is 0 Å². The van der Waals surface area contributed by atoms with E-state index in [1.54, 1.807) is 26.0 Å². The number of hydrogen-bond acceptors (Lipinski definition) is 5. The number of nitro benzene ring substituents is 1. The molecular weight excluding hydrogens is 334 g/mol. The van der Waals surface area contributed by atoms with Gasteiger partial charge >= 0.3 is 6.16 Å². The Morgan fingerprint density at radius 3 is 2.35 bits per heavy atom. The van der Waals surface area contributed by atoms with E-state index in [0.29, 0.717) is 23.0 Å². The van der Waals surface area contributed by atoms with Gasteiger partial charge in [0.15, 0.2) is 0 Å². The first-order chi connectivity index (χ1) is 12.4. The summed E-state index contributed by atoms with van der Waals surface area (Å²) in [5.74, 6) is 2.60. The highest BCUT2D eigenvalue weighted by atomic mass is 16.7. The van der Waals surface area contributed by atoms with E-state index in [1.807, 2.05) is 0 Å². The van der Waals surface area contributed by atoms with Crippen LogP contribution in [0.2, 0.25) is 0 Å². The van der Waals surface area contributed by atoms with Crippen molar-refractivity contribution in [3.63, 3.8) is 0 Å². The van der Waals surface area contributed by atoms with Crippen LogP contribution in [-0.2, 0) is 9.47 Å². The van der Waals surface area contributed by atoms with Crippen molar-refractivity contribution in [3.05, 3.63) is 39.4 Å². The summed E-state index contributed by atoms with van der Waals surface area (Å²) in [6, 6.07) is 4.90. The van der Waals surface area contributed by atoms with Crippen LogP contribution in [0.4, 0.5) is 10.5 Å². The van der Waals surface area contributed by atoms with E-state index < -0.39 is 17.2 Å². The van der Waals surface area contributed by atoms with E-state index in [0.717, 1.165) is 11.8 Å². The lowest BCUT2D eigenvalue weighted by atomic mass is 9.55. The molecule has 4 bridgehead atoms. The second-order valence-corrected chi connectivity index (χ2v) is 8.33. The van der Waals surface area contributed by atoms with Crippen LogP contribution >= 0.6 is 0 Å². The van der Waals surface area contributed by atoms with Crippen molar-refractivity contribution in [2.45, 2.75) is 58.2 Å². The number of benzene rings is 1. The van der Waals surface area contributed by atoms with Gasteiger partial charge in [0, 0.05) is 11.6 Å². The van der Waals surface area contributed by atoms with Gasteiger partial charge in [0.05, 0.1) is 4.92 Å². The lowest BCUT2D eigenvalue weighted by Gasteiger charge is -2.53. The molecule has 0 aromatic heterocycles. The monoisotopic (exact) mass is 359 g/mol. The molecule has 1 aromatic carbocycles. The molecule has 6 heteroatoms. The standard InChI is InChI=1S/C20H25NO5/c1-11-3-4-15(10-18(11)21(23)24)12(2)25-20(22)26-19-16-6-13-5-14(8-16)9-17(19)7-13/h3-4,10,12-14,16-17,19H,5-9H2,1-2H3. The fraction of sp³-hybridized carbons (Fsp3) is 0.650. The van der Waals surface area contributed by atoms with Crippen molar-refractivity contribution in [2.24, 2.45) is 23.7 Å². The highest BCUT2D eigenvalue weighted by Crippen LogP contribution is 2.54. The van der Waals surface area contributed by atoms with Crippen LogP contribution in [0.25, 0.3) is 0 Å². The summed E-state index contributed by atoms with van der Waals surface area (Å²) >= 11 is 0. The Balaban J connectivity index is 1.39. The van der Waals surface area contributed by atoms with Gasteiger partial charge < -0.3 is 9.47 Å². The average Bonchev–Trinajstić information content (AvgIpc) is 2.57. The molecule has 5 rings (SSSR count). The maximum Gasteiger partial charge on any atom is 0.509 e. The predicted molar refractivity (Wildman–Crippen MR) is 94.6 cm³/mol. The smallest absolute Gasteiger partial charge is 0.430 e. The van der Waals surface area contributed by atoms with Crippen LogP contribution < -0.4 is 0 Å². The third-order valence-corrected chi connectivity index (χ3v) is 6.54. The summed E-state index contributed by atoms with van der Waals surface area (Å²) in [7, 11) is 0. The molecule has 0 amide bonds. The Kier molecular flexibility index (Phi) is 4.37. The molecule has 4 aliphatic rings. The van der Waals surface area contributed by atoms with E-state index >= 15 is 0 Å². The molecule has 0 saturated heterocycles. The van der Waals surface area contributed by atoms with Gasteiger partial charge in [-0.3, -0.25) is 10.1 Å². The SMILES string of the molecule is Cc1ccc(C(C)OC(=O)OC2C3CC4CC(C3)CC2C4)cc1[N+](=O)[O-]. The molecule has 1 atom stereocenters. The van der Waals surface area contributed by atoms with Crippen LogP contribution in [0.5, 0.6) is 0 Å². The van der Waals surface area contributed by atoms with Gasteiger partial charge in [-0.2, -0.15) is 0 Å². The largest absolute Gasteiger partial charge is 0.509 e. The quantitative estimate of drug-likeness (QED) is 0.432. The molecule has 0 aliphatic heterocycles. The number of nitrogens with zero attached hydrogens (tertiary/aromatic N) is 1. The van der Waals surface area contributed by atoms with E-state index in [-0.39, 0.29) is 11.8 Å². The van der Waals surface area contributed by atoms with Gasteiger partial charge in [0.25, 0.3) is 5.69 Å². The molecule has 4 saturated carbocycles. The number of ether oxygens (including phenoxy) is 2. The van der Waals surface area contributed by atoms with Crippen LogP contribution in [0.1, 0.15) is 56.3 Å². The van der Waals surface area contributed by atoms with Crippen molar-refractivity contribution in [1.82, 2.24) is 0 Å². The van der Waals surface area contributed by atoms with Crippen molar-refractivity contribution < 1.29 is 19.2 Å². The molecule has 1 unspecified atom stereocenters. The topological polar surface area (TPSA) is 78.7 Å². The molecule has 26 heavy (non-hydrogen) atoms. The Hall–Kier alpha value is -2.11. The minimum absolute atomic E-state index is 0.0187. The third kappa shape index (κ3) is 3.17. The zero-order valence-electron chi connectivity index (χ0n) is 15.2. The lowest BCUT2D eigenvalue weighted by molar-refractivity contribution is -0.385. The minimum Gasteiger partial charge on any atom is -0.430 e. The summed E-state index contributed by atoms with van der Waals surface area (Å²) in [6.07, 6.45) is 4.78. The van der Waals surface area contributed by atoms with Crippen LogP contribution in [0, 0.1) is 40.7 Å². The molecule has 4 aliphatic carbocycles. The third-order valence-electron chi connectivity index (χ3n) is 6.54. The molecular formula is C20H25NO5. The van der Waals surface area contributed by atoms with Crippen molar-refractivity contribution in [3.8, 4) is 0 Å². The van der Waals surface area contributed by atoms with E-state index in [1.165, 1.54) is 38.2 Å². The summed E-state index contributed by atoms with van der Waals surface area (Å²) in [5, 5.41) is 11.1. The van der Waals surface area contributed by atoms with Crippen LogP contribution in [-0.4, -0.2) is 17.2 Å². The highest BCUT2D eigenvalue weighted by molar-refractivity contribution is 5.61. The van der Waals surface area contributed by atoms with Crippen LogP contribution in [0.3, 0.4) is 0 Å². The summed E-state index contributed by atoms with van der Waals surface area (Å²) < 4.78 is 11.2. The maximum atomic E-state index is 12.3. The summed E-state index contributed by atoms with van der Waals surface area (Å²) in [5.41, 5.74) is 1.22. The minimum atomic E-state index is -0.654. The maximum absolute atomic E-state index is 12.3. The molecule has 0 radical (unpaired) electrons. The fourth-order valence-electron chi connectivity index (χ4n) is 5.49. The normalized spacial score (nSPS) is 32.9. The molecule has 0 N–H and O–H groups in total. The van der Waals surface area contributed by atoms with Gasteiger partial charge in [-0.1, -0.05) is 12.1 Å². The molecule has 6 nitrogen and oxygen atoms in total. The Bertz CT molecular complexity index is 703. The Morgan fingerprint density at radius 1 is 1.15 bits per heavy atom. The highest BCUT2D eigenvalue weighted by Gasteiger charge is 2.50. The zero-order valence-corrected chi connectivity index (χ0v) is 15.2. The van der Waals surface area contributed by atoms with Gasteiger partial charge in [-0.15, -0.1) is 0 Å². The second kappa shape index (κ2) is 6.56. The average molecular weight is 359 g/mol. The summed E-state index contributed by atoms with van der Waals surface area (Å²) in [4.78, 5) is 23.0. The van der Waals surface area contributed by atoms with Gasteiger partial charge in [-0.05, 0) is 75.2 Å². The van der Waals surface area contributed by atoms with Gasteiger partial charge in [0.1, 0.15) is 12.2 Å². The van der Waals surface area contributed by atoms with E-state index in [9.17, 15) is 14.9 Å². The number of aryl methyl sites for hydroxylation is 1. The Labute approximate surface area is 153 Å². The number of carbonyl (C=O) groups is 1. The predicted octanol–water partition coefficient (Wildman–Crippen LogP) is 4.94. The number of hydrogen-bond donors (Lipinski definition) is 0. The van der Waals surface area contributed by atoms with Crippen molar-refractivity contribution in [2.75, 3.05) is 0 Å². The number of nitro groups is 1. The van der Waals surface area contributed by atoms with Gasteiger partial charge in [0.2, 0.25) is 0 Å². The van der Waals surface area contributed by atoms with Crippen molar-refractivity contribution in [1.29, 1.82) is 0 Å². The van der Waals surface area contributed by atoms with Gasteiger partial charge in [-0.25, -0.2) is 4.79 Å². The molecule has 4 fully saturated rings. The first kappa shape index (κ1) is 17.3. The zero-order chi connectivity index (χ0) is 18.4. The first-order valence-corrected chi connectivity index (χ1v) is 9.53. The lowest BCUT2D eigenvalue weighted by Crippen LogP contribution is -2.50. The fourth-order valence-corrected chi connectivity index (χ4v) is 5.49. The molecule has 1 aromatic rings. The van der Waals surface area contributed by atoms with Crippen LogP contribution in [0.15, 0.2) is 18.2 Å². The number of carbonyl (C=O) groups excluding carboxylic acids is 1. The Morgan fingerprint density at radius 2 is 1.77 bits per heavy atom. The van der Waals surface area contributed by atoms with E-state index in [4.69, 9.17) is 9.47 Å². The first-order valence-electron chi connectivity index (χ1n) is 9.53. The molecule has 0 heterocycles. The van der Waals surface area contributed by atoms with Crippen molar-refractivity contribution >= 4 is 11.8 Å². The summed E-state index contributed by atoms with van der Waals surface area (Å²) in [6.45, 7) is 3.40. The second-order valence-electron chi connectivity index (χ2n) is 8.33.